The van der Waals surface area contributed by atoms with Gasteiger partial charge in [-0.3, -0.25) is 0 Å². The van der Waals surface area contributed by atoms with Gasteiger partial charge < -0.3 is 5.11 Å². The first-order valence-corrected chi connectivity index (χ1v) is 6.11. The van der Waals surface area contributed by atoms with E-state index >= 15 is 0 Å². The first kappa shape index (κ1) is 11.1. The van der Waals surface area contributed by atoms with Gasteiger partial charge in [-0.1, -0.05) is 34.8 Å². The number of rotatable bonds is 2. The Bertz CT molecular complexity index is 347. The predicted octanol–water partition coefficient (Wildman–Crippen LogP) is 3.81. The van der Waals surface area contributed by atoms with E-state index in [-0.39, 0.29) is 11.7 Å². The molecule has 1 aliphatic carbocycles. The topological polar surface area (TPSA) is 20.2 Å². The molecule has 3 heteroatoms. The molecule has 0 amide bonds. The van der Waals surface area contributed by atoms with E-state index in [4.69, 9.17) is 0 Å². The summed E-state index contributed by atoms with van der Waals surface area (Å²) in [6.07, 6.45) is 3.69. The highest BCUT2D eigenvalue weighted by molar-refractivity contribution is 9.10. The Morgan fingerprint density at radius 1 is 1.33 bits per heavy atom. The van der Waals surface area contributed by atoms with Gasteiger partial charge in [0.15, 0.2) is 0 Å². The van der Waals surface area contributed by atoms with Gasteiger partial charge in [0.2, 0.25) is 0 Å². The Kier molecular flexibility index (Phi) is 3.42. The zero-order valence-corrected chi connectivity index (χ0v) is 10.0. The highest BCUT2D eigenvalue weighted by Gasteiger charge is 2.26. The first-order valence-electron chi connectivity index (χ1n) is 5.31. The number of halogens is 2. The van der Waals surface area contributed by atoms with Crippen LogP contribution in [-0.2, 0) is 0 Å². The van der Waals surface area contributed by atoms with E-state index in [1.165, 1.54) is 6.07 Å². The van der Waals surface area contributed by atoms with Gasteiger partial charge in [-0.15, -0.1) is 0 Å². The number of hydrogen-bond acceptors (Lipinski definition) is 1. The van der Waals surface area contributed by atoms with Crippen molar-refractivity contribution in [3.8, 4) is 0 Å². The number of aliphatic hydroxyl groups excluding tert-OH is 1. The van der Waals surface area contributed by atoms with Crippen LogP contribution in [0.2, 0.25) is 0 Å². The third kappa shape index (κ3) is 2.40. The minimum absolute atomic E-state index is 0.237. The molecular formula is C12H14BrFO. The van der Waals surface area contributed by atoms with Crippen LogP contribution in [0.25, 0.3) is 0 Å². The SMILES string of the molecule is OC(c1ccc(Br)cc1F)C1CCCC1. The molecule has 0 radical (unpaired) electrons. The Hall–Kier alpha value is -0.410. The first-order chi connectivity index (χ1) is 7.18. The maximum absolute atomic E-state index is 13.6. The molecule has 2 rings (SSSR count). The lowest BCUT2D eigenvalue weighted by atomic mass is 9.94. The van der Waals surface area contributed by atoms with Crippen molar-refractivity contribution >= 4 is 15.9 Å². The minimum Gasteiger partial charge on any atom is -0.388 e. The van der Waals surface area contributed by atoms with Gasteiger partial charge in [-0.25, -0.2) is 4.39 Å². The molecule has 15 heavy (non-hydrogen) atoms. The quantitative estimate of drug-likeness (QED) is 0.868. The fourth-order valence-corrected chi connectivity index (χ4v) is 2.60. The van der Waals surface area contributed by atoms with E-state index in [9.17, 15) is 9.50 Å². The molecule has 0 heterocycles. The fourth-order valence-electron chi connectivity index (χ4n) is 2.27. The largest absolute Gasteiger partial charge is 0.388 e. The van der Waals surface area contributed by atoms with E-state index in [0.717, 1.165) is 25.7 Å². The van der Waals surface area contributed by atoms with Gasteiger partial charge in [0.25, 0.3) is 0 Å². The van der Waals surface area contributed by atoms with Crippen molar-refractivity contribution in [1.82, 2.24) is 0 Å². The van der Waals surface area contributed by atoms with Crippen molar-refractivity contribution in [2.75, 3.05) is 0 Å². The molecule has 0 aromatic heterocycles. The lowest BCUT2D eigenvalue weighted by Gasteiger charge is -2.18. The van der Waals surface area contributed by atoms with Crippen molar-refractivity contribution in [3.05, 3.63) is 34.1 Å². The van der Waals surface area contributed by atoms with E-state index in [1.807, 2.05) is 0 Å². The molecule has 0 aliphatic heterocycles. The summed E-state index contributed by atoms with van der Waals surface area (Å²) >= 11 is 3.21. The molecule has 1 saturated carbocycles. The van der Waals surface area contributed by atoms with Crippen LogP contribution in [0, 0.1) is 11.7 Å². The Morgan fingerprint density at radius 2 is 2.00 bits per heavy atom. The van der Waals surface area contributed by atoms with Crippen LogP contribution in [-0.4, -0.2) is 5.11 Å². The van der Waals surface area contributed by atoms with Crippen LogP contribution < -0.4 is 0 Å². The van der Waals surface area contributed by atoms with Crippen molar-refractivity contribution in [3.63, 3.8) is 0 Å². The molecule has 1 fully saturated rings. The lowest BCUT2D eigenvalue weighted by molar-refractivity contribution is 0.108. The molecule has 1 aliphatic rings. The standard InChI is InChI=1S/C12H14BrFO/c13-9-5-6-10(11(14)7-9)12(15)8-3-1-2-4-8/h5-8,12,15H,1-4H2. The highest BCUT2D eigenvalue weighted by atomic mass is 79.9. The summed E-state index contributed by atoms with van der Waals surface area (Å²) in [5.74, 6) is -0.0792. The summed E-state index contributed by atoms with van der Waals surface area (Å²) in [6.45, 7) is 0. The van der Waals surface area contributed by atoms with E-state index in [0.29, 0.717) is 10.0 Å². The zero-order valence-electron chi connectivity index (χ0n) is 8.42. The van der Waals surface area contributed by atoms with Crippen LogP contribution in [0.1, 0.15) is 37.4 Å². The Balaban J connectivity index is 2.20. The third-order valence-electron chi connectivity index (χ3n) is 3.13. The Morgan fingerprint density at radius 3 is 2.60 bits per heavy atom. The van der Waals surface area contributed by atoms with Gasteiger partial charge >= 0.3 is 0 Å². The molecule has 1 aromatic rings. The fraction of sp³-hybridized carbons (Fsp3) is 0.500. The molecule has 0 spiro atoms. The lowest BCUT2D eigenvalue weighted by Crippen LogP contribution is -2.10. The second-order valence-electron chi connectivity index (χ2n) is 4.16. The van der Waals surface area contributed by atoms with E-state index < -0.39 is 6.10 Å². The van der Waals surface area contributed by atoms with Gasteiger partial charge in [0, 0.05) is 10.0 Å². The molecule has 1 unspecified atom stereocenters. The zero-order chi connectivity index (χ0) is 10.8. The molecule has 0 saturated heterocycles. The van der Waals surface area contributed by atoms with Gasteiger partial charge in [0.1, 0.15) is 5.82 Å². The van der Waals surface area contributed by atoms with Crippen molar-refractivity contribution in [2.24, 2.45) is 5.92 Å². The summed E-state index contributed by atoms with van der Waals surface area (Å²) in [7, 11) is 0. The Labute approximate surface area is 97.4 Å². The maximum atomic E-state index is 13.6. The molecule has 1 N–H and O–H groups in total. The normalized spacial score (nSPS) is 19.4. The highest BCUT2D eigenvalue weighted by Crippen LogP contribution is 2.36. The van der Waals surface area contributed by atoms with Crippen molar-refractivity contribution in [2.45, 2.75) is 31.8 Å². The molecule has 1 nitrogen and oxygen atoms in total. The molecular weight excluding hydrogens is 259 g/mol. The number of aliphatic hydroxyl groups is 1. The summed E-state index contributed by atoms with van der Waals surface area (Å²) < 4.78 is 14.3. The maximum Gasteiger partial charge on any atom is 0.130 e. The minimum atomic E-state index is -0.638. The summed E-state index contributed by atoms with van der Waals surface area (Å²) in [4.78, 5) is 0. The molecule has 1 atom stereocenters. The second kappa shape index (κ2) is 4.62. The summed E-state index contributed by atoms with van der Waals surface area (Å²) in [5.41, 5.74) is 0.435. The smallest absolute Gasteiger partial charge is 0.130 e. The summed E-state index contributed by atoms with van der Waals surface area (Å²) in [5, 5.41) is 10.0. The van der Waals surface area contributed by atoms with Gasteiger partial charge in [-0.2, -0.15) is 0 Å². The van der Waals surface area contributed by atoms with Gasteiger partial charge in [0.05, 0.1) is 6.10 Å². The molecule has 82 valence electrons. The van der Waals surface area contributed by atoms with Crippen LogP contribution in [0.15, 0.2) is 22.7 Å². The second-order valence-corrected chi connectivity index (χ2v) is 5.07. The van der Waals surface area contributed by atoms with Crippen LogP contribution >= 0.6 is 15.9 Å². The number of hydrogen-bond donors (Lipinski definition) is 1. The molecule has 0 bridgehead atoms. The van der Waals surface area contributed by atoms with Gasteiger partial charge in [-0.05, 0) is 30.9 Å². The van der Waals surface area contributed by atoms with Crippen LogP contribution in [0.3, 0.4) is 0 Å². The predicted molar refractivity (Wildman–Crippen MR) is 61.0 cm³/mol. The van der Waals surface area contributed by atoms with E-state index in [1.54, 1.807) is 12.1 Å². The summed E-state index contributed by atoms with van der Waals surface area (Å²) in [6, 6.07) is 4.85. The van der Waals surface area contributed by atoms with E-state index in [2.05, 4.69) is 15.9 Å². The average molecular weight is 273 g/mol. The van der Waals surface area contributed by atoms with Crippen molar-refractivity contribution < 1.29 is 9.50 Å². The van der Waals surface area contributed by atoms with Crippen LogP contribution in [0.5, 0.6) is 0 Å². The van der Waals surface area contributed by atoms with Crippen LogP contribution in [0.4, 0.5) is 4.39 Å². The third-order valence-corrected chi connectivity index (χ3v) is 3.62. The molecule has 1 aromatic carbocycles. The average Bonchev–Trinajstić information content (AvgIpc) is 2.69. The monoisotopic (exact) mass is 272 g/mol. The number of benzene rings is 1. The van der Waals surface area contributed by atoms with Crippen molar-refractivity contribution in [1.29, 1.82) is 0 Å².